The lowest BCUT2D eigenvalue weighted by Gasteiger charge is -2.07. The molecule has 0 aliphatic heterocycles. The van der Waals surface area contributed by atoms with Crippen molar-refractivity contribution in [2.24, 2.45) is 0 Å². The lowest BCUT2D eigenvalue weighted by Crippen LogP contribution is -2.18. The Bertz CT molecular complexity index is 564. The number of amides is 1. The Morgan fingerprint density at radius 3 is 2.82 bits per heavy atom. The molecule has 0 saturated heterocycles. The highest BCUT2D eigenvalue weighted by molar-refractivity contribution is 9.10. The number of carbonyl (C=O) groups is 1. The van der Waals surface area contributed by atoms with Gasteiger partial charge in [-0.25, -0.2) is 4.68 Å². The SMILES string of the molecule is CNC(=O)c1ccc(-n2cc(Br)cn2)c(N)c1. The van der Waals surface area contributed by atoms with E-state index < -0.39 is 0 Å². The maximum absolute atomic E-state index is 11.4. The first-order valence-corrected chi connectivity index (χ1v) is 5.73. The molecule has 1 heterocycles. The summed E-state index contributed by atoms with van der Waals surface area (Å²) in [5.41, 5.74) is 7.67. The van der Waals surface area contributed by atoms with Crippen molar-refractivity contribution in [3.63, 3.8) is 0 Å². The van der Waals surface area contributed by atoms with Crippen LogP contribution in [0.3, 0.4) is 0 Å². The largest absolute Gasteiger partial charge is 0.397 e. The number of rotatable bonds is 2. The number of carbonyl (C=O) groups excluding carboxylic acids is 1. The monoisotopic (exact) mass is 294 g/mol. The quantitative estimate of drug-likeness (QED) is 0.826. The standard InChI is InChI=1S/C11H11BrN4O/c1-14-11(17)7-2-3-10(9(13)4-7)16-6-8(12)5-15-16/h2-6H,13H2,1H3,(H,14,17). The number of nitrogens with zero attached hydrogens (tertiary/aromatic N) is 2. The van der Waals surface area contributed by atoms with E-state index in [4.69, 9.17) is 5.73 Å². The Hall–Kier alpha value is -1.82. The van der Waals surface area contributed by atoms with Crippen molar-refractivity contribution in [1.29, 1.82) is 0 Å². The van der Waals surface area contributed by atoms with Gasteiger partial charge in [-0.15, -0.1) is 0 Å². The highest BCUT2D eigenvalue weighted by atomic mass is 79.9. The summed E-state index contributed by atoms with van der Waals surface area (Å²) >= 11 is 3.31. The number of hydrogen-bond donors (Lipinski definition) is 2. The third-order valence-corrected chi connectivity index (χ3v) is 2.72. The maximum Gasteiger partial charge on any atom is 0.251 e. The molecule has 6 heteroatoms. The molecule has 1 aromatic heterocycles. The number of hydrogen-bond acceptors (Lipinski definition) is 3. The van der Waals surface area contributed by atoms with Crippen molar-refractivity contribution < 1.29 is 4.79 Å². The Labute approximate surface area is 107 Å². The van der Waals surface area contributed by atoms with Crippen LogP contribution in [0.5, 0.6) is 0 Å². The first kappa shape index (κ1) is 11.7. The van der Waals surface area contributed by atoms with Crippen molar-refractivity contribution in [2.45, 2.75) is 0 Å². The summed E-state index contributed by atoms with van der Waals surface area (Å²) in [6.45, 7) is 0. The van der Waals surface area contributed by atoms with E-state index in [1.807, 2.05) is 0 Å². The predicted molar refractivity (Wildman–Crippen MR) is 69.1 cm³/mol. The first-order valence-electron chi connectivity index (χ1n) is 4.94. The average molecular weight is 295 g/mol. The molecule has 88 valence electrons. The molecule has 0 bridgehead atoms. The summed E-state index contributed by atoms with van der Waals surface area (Å²) in [6.07, 6.45) is 3.47. The molecule has 17 heavy (non-hydrogen) atoms. The van der Waals surface area contributed by atoms with Crippen LogP contribution in [0.15, 0.2) is 35.1 Å². The molecule has 0 aliphatic carbocycles. The molecule has 0 radical (unpaired) electrons. The average Bonchev–Trinajstić information content (AvgIpc) is 2.74. The van der Waals surface area contributed by atoms with E-state index in [9.17, 15) is 4.79 Å². The van der Waals surface area contributed by atoms with Crippen molar-refractivity contribution in [3.8, 4) is 5.69 Å². The van der Waals surface area contributed by atoms with Gasteiger partial charge in [-0.2, -0.15) is 5.10 Å². The molecular formula is C11H11BrN4O. The van der Waals surface area contributed by atoms with E-state index in [-0.39, 0.29) is 5.91 Å². The zero-order chi connectivity index (χ0) is 12.4. The lowest BCUT2D eigenvalue weighted by molar-refractivity contribution is 0.0963. The molecule has 0 unspecified atom stereocenters. The molecule has 3 N–H and O–H groups in total. The zero-order valence-electron chi connectivity index (χ0n) is 9.14. The fraction of sp³-hybridized carbons (Fsp3) is 0.0909. The smallest absolute Gasteiger partial charge is 0.251 e. The highest BCUT2D eigenvalue weighted by Gasteiger charge is 2.08. The van der Waals surface area contributed by atoms with Gasteiger partial charge in [0.15, 0.2) is 0 Å². The zero-order valence-corrected chi connectivity index (χ0v) is 10.7. The lowest BCUT2D eigenvalue weighted by atomic mass is 10.1. The Balaban J connectivity index is 2.41. The minimum atomic E-state index is -0.162. The van der Waals surface area contributed by atoms with Gasteiger partial charge in [0, 0.05) is 18.8 Å². The van der Waals surface area contributed by atoms with Crippen LogP contribution in [0, 0.1) is 0 Å². The number of halogens is 1. The van der Waals surface area contributed by atoms with Gasteiger partial charge in [-0.1, -0.05) is 0 Å². The molecule has 0 saturated carbocycles. The fourth-order valence-corrected chi connectivity index (χ4v) is 1.77. The molecule has 1 amide bonds. The number of nitrogens with one attached hydrogen (secondary N) is 1. The van der Waals surface area contributed by atoms with Crippen molar-refractivity contribution in [1.82, 2.24) is 15.1 Å². The van der Waals surface area contributed by atoms with Gasteiger partial charge in [0.25, 0.3) is 5.91 Å². The van der Waals surface area contributed by atoms with Crippen LogP contribution in [-0.2, 0) is 0 Å². The van der Waals surface area contributed by atoms with Gasteiger partial charge in [0.05, 0.1) is 22.0 Å². The van der Waals surface area contributed by atoms with Gasteiger partial charge in [-0.3, -0.25) is 4.79 Å². The minimum absolute atomic E-state index is 0.162. The second-order valence-corrected chi connectivity index (χ2v) is 4.37. The van der Waals surface area contributed by atoms with Crippen LogP contribution >= 0.6 is 15.9 Å². The summed E-state index contributed by atoms with van der Waals surface area (Å²) in [5, 5.41) is 6.68. The predicted octanol–water partition coefficient (Wildman–Crippen LogP) is 1.58. The highest BCUT2D eigenvalue weighted by Crippen LogP contribution is 2.20. The second-order valence-electron chi connectivity index (χ2n) is 3.46. The summed E-state index contributed by atoms with van der Waals surface area (Å²) < 4.78 is 2.51. The van der Waals surface area contributed by atoms with E-state index in [2.05, 4.69) is 26.3 Å². The van der Waals surface area contributed by atoms with E-state index in [1.165, 1.54) is 0 Å². The Kier molecular flexibility index (Phi) is 3.14. The molecule has 0 aliphatic rings. The third kappa shape index (κ3) is 2.31. The van der Waals surface area contributed by atoms with Crippen LogP contribution in [0.1, 0.15) is 10.4 Å². The molecule has 5 nitrogen and oxygen atoms in total. The van der Waals surface area contributed by atoms with Crippen LogP contribution in [0.2, 0.25) is 0 Å². The normalized spacial score (nSPS) is 10.2. The van der Waals surface area contributed by atoms with Gasteiger partial charge in [0.1, 0.15) is 0 Å². The summed E-state index contributed by atoms with van der Waals surface area (Å²) in [5.74, 6) is -0.162. The fourth-order valence-electron chi connectivity index (χ4n) is 1.48. The summed E-state index contributed by atoms with van der Waals surface area (Å²) in [7, 11) is 1.58. The maximum atomic E-state index is 11.4. The van der Waals surface area contributed by atoms with Crippen molar-refractivity contribution >= 4 is 27.5 Å². The number of nitrogen functional groups attached to an aromatic ring is 1. The van der Waals surface area contributed by atoms with E-state index in [0.29, 0.717) is 11.3 Å². The van der Waals surface area contributed by atoms with Crippen molar-refractivity contribution in [3.05, 3.63) is 40.6 Å². The van der Waals surface area contributed by atoms with E-state index in [1.54, 1.807) is 42.3 Å². The van der Waals surface area contributed by atoms with Crippen LogP contribution in [0.4, 0.5) is 5.69 Å². The molecule has 0 fully saturated rings. The minimum Gasteiger partial charge on any atom is -0.397 e. The topological polar surface area (TPSA) is 72.9 Å². The summed E-state index contributed by atoms with van der Waals surface area (Å²) in [4.78, 5) is 11.4. The van der Waals surface area contributed by atoms with Crippen LogP contribution < -0.4 is 11.1 Å². The Morgan fingerprint density at radius 2 is 2.29 bits per heavy atom. The van der Waals surface area contributed by atoms with Gasteiger partial charge in [0.2, 0.25) is 0 Å². The molecule has 1 aromatic carbocycles. The Morgan fingerprint density at radius 1 is 1.53 bits per heavy atom. The third-order valence-electron chi connectivity index (χ3n) is 2.31. The molecular weight excluding hydrogens is 284 g/mol. The molecule has 2 rings (SSSR count). The van der Waals surface area contributed by atoms with Crippen molar-refractivity contribution in [2.75, 3.05) is 12.8 Å². The second kappa shape index (κ2) is 4.58. The van der Waals surface area contributed by atoms with Crippen LogP contribution in [-0.4, -0.2) is 22.7 Å². The van der Waals surface area contributed by atoms with E-state index >= 15 is 0 Å². The molecule has 2 aromatic rings. The van der Waals surface area contributed by atoms with Gasteiger partial charge >= 0.3 is 0 Å². The number of benzene rings is 1. The molecule has 0 atom stereocenters. The number of anilines is 1. The van der Waals surface area contributed by atoms with Gasteiger partial charge in [-0.05, 0) is 34.1 Å². The number of aromatic nitrogens is 2. The van der Waals surface area contributed by atoms with Gasteiger partial charge < -0.3 is 11.1 Å². The molecule has 0 spiro atoms. The van der Waals surface area contributed by atoms with E-state index in [0.717, 1.165) is 10.2 Å². The first-order chi connectivity index (χ1) is 8.11. The van der Waals surface area contributed by atoms with Crippen LogP contribution in [0.25, 0.3) is 5.69 Å². The summed E-state index contributed by atoms with van der Waals surface area (Å²) in [6, 6.07) is 5.10. The number of nitrogens with two attached hydrogens (primary N) is 1.